The predicted molar refractivity (Wildman–Crippen MR) is 77.1 cm³/mol. The van der Waals surface area contributed by atoms with Gasteiger partial charge in [-0.15, -0.1) is 0 Å². The van der Waals surface area contributed by atoms with Gasteiger partial charge in [-0.1, -0.05) is 12.1 Å². The summed E-state index contributed by atoms with van der Waals surface area (Å²) in [6.07, 6.45) is 1.90. The van der Waals surface area contributed by atoms with Crippen molar-refractivity contribution in [1.29, 1.82) is 0 Å². The highest BCUT2D eigenvalue weighted by molar-refractivity contribution is 8.27. The lowest BCUT2D eigenvalue weighted by atomic mass is 10.1. The smallest absolute Gasteiger partial charge is 0.174 e. The van der Waals surface area contributed by atoms with Crippen molar-refractivity contribution < 1.29 is 8.76 Å². The van der Waals surface area contributed by atoms with Crippen LogP contribution in [-0.4, -0.2) is 25.0 Å². The molecule has 3 rings (SSSR count). The fourth-order valence-electron chi connectivity index (χ4n) is 1.80. The van der Waals surface area contributed by atoms with Crippen molar-refractivity contribution in [3.05, 3.63) is 35.9 Å². The Morgan fingerprint density at radius 2 is 2.11 bits per heavy atom. The molecule has 0 aromatic heterocycles. The van der Waals surface area contributed by atoms with Crippen LogP contribution in [0.15, 0.2) is 40.3 Å². The molecule has 8 heteroatoms. The quantitative estimate of drug-likeness (QED) is 0.624. The summed E-state index contributed by atoms with van der Waals surface area (Å²) in [5, 5.41) is 1.13. The van der Waals surface area contributed by atoms with Gasteiger partial charge >= 0.3 is 0 Å². The van der Waals surface area contributed by atoms with Crippen LogP contribution >= 0.6 is 11.8 Å². The first-order valence-electron chi connectivity index (χ1n) is 5.40. The second kappa shape index (κ2) is 4.80. The van der Waals surface area contributed by atoms with E-state index < -0.39 is 11.3 Å². The molecule has 1 aromatic carbocycles. The zero-order chi connectivity index (χ0) is 13.4. The van der Waals surface area contributed by atoms with Gasteiger partial charge in [0.1, 0.15) is 11.1 Å². The molecule has 2 aliphatic heterocycles. The summed E-state index contributed by atoms with van der Waals surface area (Å²) < 4.78 is 23.3. The van der Waals surface area contributed by atoms with Gasteiger partial charge in [-0.2, -0.15) is 0 Å². The molecule has 98 valence electrons. The van der Waals surface area contributed by atoms with E-state index in [-0.39, 0.29) is 6.04 Å². The topological polar surface area (TPSA) is 103 Å². The second-order valence-electron chi connectivity index (χ2n) is 3.94. The molecule has 19 heavy (non-hydrogen) atoms. The summed E-state index contributed by atoms with van der Waals surface area (Å²) in [5.41, 5.74) is 8.13. The third-order valence-corrected chi connectivity index (χ3v) is 4.07. The Morgan fingerprint density at radius 1 is 1.37 bits per heavy atom. The standard InChI is InChI=1S/C11H10N4O2S2/c12-7-3-1-6(2-4-7)8-5-9-10(13-8)18-11(14-9)15-19(16)17/h1-5,9H,12H2,(H,14,15)(H,16,17)/p-1. The number of rotatable bonds is 2. The molecule has 6 nitrogen and oxygen atoms in total. The Hall–Kier alpha value is -1.64. The van der Waals surface area contributed by atoms with Gasteiger partial charge in [0.05, 0.1) is 5.70 Å². The zero-order valence-electron chi connectivity index (χ0n) is 9.57. The SMILES string of the molecule is Nc1ccc(C2=CC3N=C(NS(=O)[O-])SC3=N2)cc1. The van der Waals surface area contributed by atoms with E-state index in [4.69, 9.17) is 5.73 Å². The number of hydrogen-bond acceptors (Lipinski definition) is 6. The molecule has 0 saturated heterocycles. The molecular weight excluding hydrogens is 284 g/mol. The third kappa shape index (κ3) is 2.55. The van der Waals surface area contributed by atoms with E-state index in [1.54, 1.807) is 0 Å². The molecule has 2 unspecified atom stereocenters. The third-order valence-electron chi connectivity index (χ3n) is 2.63. The van der Waals surface area contributed by atoms with Crippen LogP contribution in [-0.2, 0) is 11.3 Å². The van der Waals surface area contributed by atoms with Crippen molar-refractivity contribution in [3.63, 3.8) is 0 Å². The van der Waals surface area contributed by atoms with Crippen LogP contribution in [0.3, 0.4) is 0 Å². The highest BCUT2D eigenvalue weighted by Crippen LogP contribution is 2.32. The molecule has 2 aliphatic rings. The Bertz CT molecular complexity index is 637. The lowest BCUT2D eigenvalue weighted by molar-refractivity contribution is 0.533. The maximum Gasteiger partial charge on any atom is 0.174 e. The monoisotopic (exact) mass is 293 g/mol. The summed E-state index contributed by atoms with van der Waals surface area (Å²) in [5.74, 6) is 0. The normalized spacial score (nSPS) is 22.4. The highest BCUT2D eigenvalue weighted by atomic mass is 32.2. The maximum atomic E-state index is 10.5. The molecule has 0 amide bonds. The van der Waals surface area contributed by atoms with E-state index in [2.05, 4.69) is 14.7 Å². The van der Waals surface area contributed by atoms with Crippen LogP contribution in [0.25, 0.3) is 5.70 Å². The molecule has 0 spiro atoms. The van der Waals surface area contributed by atoms with Crippen LogP contribution in [0.2, 0.25) is 0 Å². The molecule has 1 aromatic rings. The fraction of sp³-hybridized carbons (Fsp3) is 0.0909. The Kier molecular flexibility index (Phi) is 3.13. The molecular formula is C11H9N4O2S2-. The van der Waals surface area contributed by atoms with Gasteiger partial charge in [0.15, 0.2) is 5.17 Å². The van der Waals surface area contributed by atoms with Gasteiger partial charge in [0.25, 0.3) is 0 Å². The number of thioether (sulfide) groups is 1. The minimum atomic E-state index is -2.35. The van der Waals surface area contributed by atoms with Gasteiger partial charge in [-0.3, -0.25) is 8.93 Å². The summed E-state index contributed by atoms with van der Waals surface area (Å²) in [6, 6.07) is 7.23. The Balaban J connectivity index is 1.81. The van der Waals surface area contributed by atoms with E-state index in [0.717, 1.165) is 16.3 Å². The van der Waals surface area contributed by atoms with E-state index in [1.807, 2.05) is 30.3 Å². The van der Waals surface area contributed by atoms with Crippen LogP contribution in [0, 0.1) is 0 Å². The Labute approximate surface area is 116 Å². The number of fused-ring (bicyclic) bond motifs is 1. The maximum absolute atomic E-state index is 10.5. The molecule has 2 atom stereocenters. The van der Waals surface area contributed by atoms with Crippen LogP contribution < -0.4 is 10.5 Å². The highest BCUT2D eigenvalue weighted by Gasteiger charge is 2.29. The molecule has 0 saturated carbocycles. The molecule has 0 fully saturated rings. The van der Waals surface area contributed by atoms with Crippen LogP contribution in [0.1, 0.15) is 5.56 Å². The van der Waals surface area contributed by atoms with Crippen molar-refractivity contribution in [1.82, 2.24) is 4.72 Å². The minimum absolute atomic E-state index is 0.191. The molecule has 0 radical (unpaired) electrons. The van der Waals surface area contributed by atoms with E-state index in [1.165, 1.54) is 11.8 Å². The second-order valence-corrected chi connectivity index (χ2v) is 5.62. The van der Waals surface area contributed by atoms with E-state index >= 15 is 0 Å². The molecule has 2 heterocycles. The van der Waals surface area contributed by atoms with Gasteiger partial charge in [-0.25, -0.2) is 9.98 Å². The molecule has 0 aliphatic carbocycles. The number of nitrogens with two attached hydrogens (primary N) is 1. The minimum Gasteiger partial charge on any atom is -0.755 e. The van der Waals surface area contributed by atoms with Crippen molar-refractivity contribution in [2.75, 3.05) is 5.73 Å². The van der Waals surface area contributed by atoms with Crippen molar-refractivity contribution in [2.45, 2.75) is 6.04 Å². The first-order valence-corrected chi connectivity index (χ1v) is 7.29. The predicted octanol–water partition coefficient (Wildman–Crippen LogP) is 0.877. The average molecular weight is 293 g/mol. The van der Waals surface area contributed by atoms with Gasteiger partial charge in [-0.05, 0) is 30.0 Å². The number of hydrogen-bond donors (Lipinski definition) is 2. The first kappa shape index (κ1) is 12.4. The average Bonchev–Trinajstić information content (AvgIpc) is 2.86. The van der Waals surface area contributed by atoms with Crippen molar-refractivity contribution in [3.8, 4) is 0 Å². The number of aliphatic imine (C=N–C) groups is 2. The number of benzene rings is 1. The summed E-state index contributed by atoms with van der Waals surface area (Å²) >= 11 is -1.12. The lowest BCUT2D eigenvalue weighted by Crippen LogP contribution is -2.21. The number of anilines is 1. The number of nitrogens with one attached hydrogen (secondary N) is 1. The zero-order valence-corrected chi connectivity index (χ0v) is 11.2. The summed E-state index contributed by atoms with van der Waals surface area (Å²) in [7, 11) is 0. The molecule has 0 bridgehead atoms. The largest absolute Gasteiger partial charge is 0.755 e. The summed E-state index contributed by atoms with van der Waals surface area (Å²) in [6.45, 7) is 0. The van der Waals surface area contributed by atoms with E-state index in [0.29, 0.717) is 10.9 Å². The van der Waals surface area contributed by atoms with Crippen LogP contribution in [0.5, 0.6) is 0 Å². The first-order chi connectivity index (χ1) is 9.11. The van der Waals surface area contributed by atoms with Crippen molar-refractivity contribution in [2.24, 2.45) is 9.98 Å². The number of nitrogen functional groups attached to an aromatic ring is 1. The van der Waals surface area contributed by atoms with Crippen LogP contribution in [0.4, 0.5) is 5.69 Å². The van der Waals surface area contributed by atoms with Gasteiger partial charge < -0.3 is 10.3 Å². The Morgan fingerprint density at radius 3 is 2.74 bits per heavy atom. The number of nitrogens with zero attached hydrogens (tertiary/aromatic N) is 2. The summed E-state index contributed by atoms with van der Waals surface area (Å²) in [4.78, 5) is 8.68. The van der Waals surface area contributed by atoms with Gasteiger partial charge in [0, 0.05) is 22.5 Å². The van der Waals surface area contributed by atoms with Gasteiger partial charge in [0.2, 0.25) is 0 Å². The van der Waals surface area contributed by atoms with E-state index in [9.17, 15) is 8.76 Å². The molecule has 3 N–H and O–H groups in total. The fourth-order valence-corrected chi connectivity index (χ4v) is 3.12. The lowest BCUT2D eigenvalue weighted by Gasteiger charge is -2.06. The van der Waals surface area contributed by atoms with Crippen molar-refractivity contribution >= 4 is 44.6 Å². The number of amidine groups is 1.